The number of carbonyl (C=O) groups is 1. The van der Waals surface area contributed by atoms with Crippen molar-refractivity contribution >= 4 is 27.7 Å². The van der Waals surface area contributed by atoms with Crippen molar-refractivity contribution in [1.82, 2.24) is 30.1 Å². The molecule has 2 aliphatic rings. The van der Waals surface area contributed by atoms with E-state index in [0.29, 0.717) is 6.54 Å². The molecule has 4 N–H and O–H groups in total. The van der Waals surface area contributed by atoms with Gasteiger partial charge < -0.3 is 25.8 Å². The van der Waals surface area contributed by atoms with E-state index in [0.717, 1.165) is 70.8 Å². The summed E-state index contributed by atoms with van der Waals surface area (Å²) in [5.74, 6) is 0.201. The van der Waals surface area contributed by atoms with Crippen molar-refractivity contribution in [3.63, 3.8) is 0 Å². The first-order chi connectivity index (χ1) is 19.8. The highest BCUT2D eigenvalue weighted by molar-refractivity contribution is 6.08. The fourth-order valence-corrected chi connectivity index (χ4v) is 5.87. The van der Waals surface area contributed by atoms with Crippen LogP contribution in [-0.4, -0.2) is 64.6 Å². The van der Waals surface area contributed by atoms with E-state index >= 15 is 0 Å². The third kappa shape index (κ3) is 6.86. The Morgan fingerprint density at radius 3 is 2.70 bits per heavy atom. The van der Waals surface area contributed by atoms with Crippen LogP contribution < -0.4 is 16.4 Å². The molecule has 0 saturated carbocycles. The molecule has 4 aromatic rings. The van der Waals surface area contributed by atoms with Crippen molar-refractivity contribution in [1.29, 1.82) is 0 Å². The van der Waals surface area contributed by atoms with E-state index in [-0.39, 0.29) is 5.91 Å². The average molecular weight is 542 g/mol. The van der Waals surface area contributed by atoms with Crippen molar-refractivity contribution in [2.75, 3.05) is 39.3 Å². The van der Waals surface area contributed by atoms with Crippen LogP contribution in [0.5, 0.6) is 0 Å². The fourth-order valence-electron chi connectivity index (χ4n) is 5.87. The summed E-state index contributed by atoms with van der Waals surface area (Å²) >= 11 is 0. The standard InChI is InChI=1S/C23H32N6O.C9H11N/c24-9-3-4-10-25-16-20-23-19(8-11-27-20)18-6-1-2-7-21(18)29(23)14-5-13-28-15-12-26-17-22(28)30;1-2-6-9-8(4-1)5-3-7-10-9/h1-2,6-8,11,25-26H,3-5,9-10,12-17,24H2;3,5,7H,1-2,4,6H2. The number of aromatic nitrogens is 3. The molecule has 6 rings (SSSR count). The Labute approximate surface area is 237 Å². The minimum absolute atomic E-state index is 0.201. The zero-order chi connectivity index (χ0) is 27.6. The molecule has 1 saturated heterocycles. The van der Waals surface area contributed by atoms with Gasteiger partial charge in [0.2, 0.25) is 5.91 Å². The number of amides is 1. The molecule has 0 spiro atoms. The second-order valence-electron chi connectivity index (χ2n) is 10.7. The van der Waals surface area contributed by atoms with Crippen LogP contribution in [0.2, 0.25) is 0 Å². The summed E-state index contributed by atoms with van der Waals surface area (Å²) in [6.45, 7) is 6.22. The molecule has 1 amide bonds. The Hall–Kier alpha value is -3.33. The summed E-state index contributed by atoms with van der Waals surface area (Å²) in [4.78, 5) is 23.1. The molecule has 0 atom stereocenters. The summed E-state index contributed by atoms with van der Waals surface area (Å²) in [7, 11) is 0. The van der Waals surface area contributed by atoms with Gasteiger partial charge in [-0.25, -0.2) is 0 Å². The molecule has 8 nitrogen and oxygen atoms in total. The first-order valence-corrected chi connectivity index (χ1v) is 14.9. The smallest absolute Gasteiger partial charge is 0.236 e. The third-order valence-electron chi connectivity index (χ3n) is 7.95. The number of fused-ring (bicyclic) bond motifs is 4. The van der Waals surface area contributed by atoms with Gasteiger partial charge >= 0.3 is 0 Å². The lowest BCUT2D eigenvalue weighted by Crippen LogP contribution is -2.48. The quantitative estimate of drug-likeness (QED) is 0.264. The third-order valence-corrected chi connectivity index (χ3v) is 7.95. The van der Waals surface area contributed by atoms with Crippen molar-refractivity contribution in [3.8, 4) is 0 Å². The highest BCUT2D eigenvalue weighted by Gasteiger charge is 2.18. The molecular formula is C32H43N7O. The lowest BCUT2D eigenvalue weighted by molar-refractivity contribution is -0.131. The number of hydrogen-bond donors (Lipinski definition) is 3. The van der Waals surface area contributed by atoms with E-state index in [1.165, 1.54) is 58.7 Å². The second kappa shape index (κ2) is 14.3. The minimum Gasteiger partial charge on any atom is -0.340 e. The van der Waals surface area contributed by atoms with Crippen LogP contribution in [0, 0.1) is 0 Å². The number of benzene rings is 1. The molecule has 1 fully saturated rings. The zero-order valence-electron chi connectivity index (χ0n) is 23.6. The summed E-state index contributed by atoms with van der Waals surface area (Å²) in [5.41, 5.74) is 11.9. The van der Waals surface area contributed by atoms with Crippen molar-refractivity contribution in [2.24, 2.45) is 5.73 Å². The van der Waals surface area contributed by atoms with Gasteiger partial charge in [0.05, 0.1) is 17.8 Å². The summed E-state index contributed by atoms with van der Waals surface area (Å²) < 4.78 is 2.39. The predicted molar refractivity (Wildman–Crippen MR) is 162 cm³/mol. The van der Waals surface area contributed by atoms with Gasteiger partial charge in [-0.1, -0.05) is 24.3 Å². The fraction of sp³-hybridized carbons (Fsp3) is 0.469. The highest BCUT2D eigenvalue weighted by atomic mass is 16.2. The van der Waals surface area contributed by atoms with E-state index < -0.39 is 0 Å². The number of unbranched alkanes of at least 4 members (excludes halogenated alkanes) is 1. The Morgan fingerprint density at radius 2 is 1.82 bits per heavy atom. The number of aryl methyl sites for hydroxylation is 3. The summed E-state index contributed by atoms with van der Waals surface area (Å²) in [6, 6.07) is 14.9. The van der Waals surface area contributed by atoms with Crippen LogP contribution in [0.3, 0.4) is 0 Å². The zero-order valence-corrected chi connectivity index (χ0v) is 23.6. The molecule has 0 unspecified atom stereocenters. The Bertz CT molecular complexity index is 1370. The number of hydrogen-bond acceptors (Lipinski definition) is 6. The van der Waals surface area contributed by atoms with Gasteiger partial charge in [0.1, 0.15) is 0 Å². The topological polar surface area (TPSA) is 101 Å². The van der Waals surface area contributed by atoms with Gasteiger partial charge in [0.25, 0.3) is 0 Å². The maximum atomic E-state index is 12.1. The minimum atomic E-state index is 0.201. The lowest BCUT2D eigenvalue weighted by Gasteiger charge is -2.27. The molecule has 1 aliphatic carbocycles. The summed E-state index contributed by atoms with van der Waals surface area (Å²) in [5, 5.41) is 9.17. The van der Waals surface area contributed by atoms with Gasteiger partial charge in [0, 0.05) is 67.1 Å². The molecule has 3 aromatic heterocycles. The van der Waals surface area contributed by atoms with Crippen LogP contribution in [0.15, 0.2) is 54.9 Å². The monoisotopic (exact) mass is 541 g/mol. The number of carbonyl (C=O) groups excluding carboxylic acids is 1. The normalized spacial score (nSPS) is 15.2. The number of para-hydroxylation sites is 1. The first kappa shape index (κ1) is 28.2. The molecule has 8 heteroatoms. The van der Waals surface area contributed by atoms with Crippen molar-refractivity contribution < 1.29 is 4.79 Å². The molecular weight excluding hydrogens is 498 g/mol. The van der Waals surface area contributed by atoms with E-state index in [2.05, 4.69) is 56.6 Å². The molecule has 1 aliphatic heterocycles. The number of pyridine rings is 2. The van der Waals surface area contributed by atoms with E-state index in [1.807, 2.05) is 23.4 Å². The number of nitrogens with one attached hydrogen (secondary N) is 2. The number of piperazine rings is 1. The lowest BCUT2D eigenvalue weighted by atomic mass is 9.96. The molecule has 1 aromatic carbocycles. The largest absolute Gasteiger partial charge is 0.340 e. The first-order valence-electron chi connectivity index (χ1n) is 14.9. The van der Waals surface area contributed by atoms with Gasteiger partial charge in [0.15, 0.2) is 0 Å². The Morgan fingerprint density at radius 1 is 0.925 bits per heavy atom. The molecule has 0 radical (unpaired) electrons. The van der Waals surface area contributed by atoms with E-state index in [9.17, 15) is 4.79 Å². The Balaban J connectivity index is 0.000000269. The summed E-state index contributed by atoms with van der Waals surface area (Å²) in [6.07, 6.45) is 11.9. The van der Waals surface area contributed by atoms with Gasteiger partial charge in [-0.05, 0) is 81.8 Å². The van der Waals surface area contributed by atoms with Crippen molar-refractivity contribution in [3.05, 3.63) is 71.8 Å². The number of nitrogens with zero attached hydrogens (tertiary/aromatic N) is 4. The van der Waals surface area contributed by atoms with Gasteiger partial charge in [-0.15, -0.1) is 0 Å². The maximum absolute atomic E-state index is 12.1. The SMILES string of the molecule is NCCCCNCc1nccc2c3ccccc3n(CCCN3CCNCC3=O)c12.c1cnc2c(c1)CCCC2. The second-order valence-corrected chi connectivity index (χ2v) is 10.7. The van der Waals surface area contributed by atoms with Gasteiger partial charge in [-0.3, -0.25) is 14.8 Å². The van der Waals surface area contributed by atoms with Crippen molar-refractivity contribution in [2.45, 2.75) is 58.0 Å². The molecule has 0 bridgehead atoms. The van der Waals surface area contributed by atoms with Gasteiger partial charge in [-0.2, -0.15) is 0 Å². The average Bonchev–Trinajstić information content (AvgIpc) is 3.33. The van der Waals surface area contributed by atoms with Crippen LogP contribution in [0.25, 0.3) is 21.8 Å². The van der Waals surface area contributed by atoms with Crippen LogP contribution >= 0.6 is 0 Å². The molecule has 212 valence electrons. The van der Waals surface area contributed by atoms with Crippen LogP contribution in [0.1, 0.15) is 49.1 Å². The highest BCUT2D eigenvalue weighted by Crippen LogP contribution is 2.30. The Kier molecular flexibility index (Phi) is 10.1. The maximum Gasteiger partial charge on any atom is 0.236 e. The predicted octanol–water partition coefficient (Wildman–Crippen LogP) is 3.80. The van der Waals surface area contributed by atoms with Crippen LogP contribution in [-0.2, 0) is 30.7 Å². The molecule has 40 heavy (non-hydrogen) atoms. The van der Waals surface area contributed by atoms with E-state index in [1.54, 1.807) is 0 Å². The number of nitrogens with two attached hydrogens (primary N) is 1. The number of rotatable bonds is 10. The van der Waals surface area contributed by atoms with E-state index in [4.69, 9.17) is 10.7 Å². The molecule has 4 heterocycles. The van der Waals surface area contributed by atoms with Crippen LogP contribution in [0.4, 0.5) is 0 Å².